The maximum atomic E-state index is 12.5. The van der Waals surface area contributed by atoms with E-state index < -0.39 is 0 Å². The lowest BCUT2D eigenvalue weighted by Gasteiger charge is -2.14. The number of imide groups is 1. The van der Waals surface area contributed by atoms with Crippen molar-refractivity contribution in [2.45, 2.75) is 26.7 Å². The highest BCUT2D eigenvalue weighted by atomic mass is 32.2. The van der Waals surface area contributed by atoms with Gasteiger partial charge in [-0.1, -0.05) is 13.3 Å². The summed E-state index contributed by atoms with van der Waals surface area (Å²) in [6.07, 6.45) is 3.36. The Balaban J connectivity index is 1.57. The number of ether oxygens (including phenoxy) is 1. The summed E-state index contributed by atoms with van der Waals surface area (Å²) in [5, 5.41) is 2.67. The Morgan fingerprint density at radius 2 is 1.97 bits per heavy atom. The van der Waals surface area contributed by atoms with Crippen molar-refractivity contribution in [1.82, 2.24) is 4.90 Å². The predicted octanol–water partition coefficient (Wildman–Crippen LogP) is 4.65. The fourth-order valence-electron chi connectivity index (χ4n) is 2.58. The van der Waals surface area contributed by atoms with Gasteiger partial charge in [-0.3, -0.25) is 14.5 Å². The Hall–Kier alpha value is -3.00. The standard InChI is InChI=1S/C21H22N2O5S/c1-3-4-11-27-20(25)15-6-8-16(9-7-15)22-13-23-19(24)18(29-21(23)26)12-17-10-5-14(2)28-17/h5-10,12,22H,3-4,11,13H2,1-2H3/b18-12+. The average Bonchev–Trinajstić information content (AvgIpc) is 3.23. The average molecular weight is 414 g/mol. The molecule has 3 rings (SSSR count). The lowest BCUT2D eigenvalue weighted by Crippen LogP contribution is -2.33. The van der Waals surface area contributed by atoms with Crippen molar-refractivity contribution in [3.05, 3.63) is 58.4 Å². The van der Waals surface area contributed by atoms with Crippen LogP contribution >= 0.6 is 11.8 Å². The van der Waals surface area contributed by atoms with E-state index in [1.165, 1.54) is 0 Å². The molecule has 1 aliphatic rings. The number of carbonyl (C=O) groups excluding carboxylic acids is 3. The van der Waals surface area contributed by atoms with E-state index in [4.69, 9.17) is 9.15 Å². The maximum absolute atomic E-state index is 12.5. The van der Waals surface area contributed by atoms with Gasteiger partial charge < -0.3 is 14.5 Å². The molecule has 29 heavy (non-hydrogen) atoms. The van der Waals surface area contributed by atoms with Gasteiger partial charge in [0.05, 0.1) is 23.7 Å². The minimum atomic E-state index is -0.377. The first-order chi connectivity index (χ1) is 14.0. The van der Waals surface area contributed by atoms with Gasteiger partial charge in [0.2, 0.25) is 0 Å². The molecule has 0 saturated carbocycles. The largest absolute Gasteiger partial charge is 0.462 e. The second-order valence-electron chi connectivity index (χ2n) is 6.46. The molecule has 1 N–H and O–H groups in total. The van der Waals surface area contributed by atoms with Crippen molar-refractivity contribution in [3.8, 4) is 0 Å². The molecule has 2 aromatic rings. The first-order valence-corrected chi connectivity index (χ1v) is 10.1. The van der Waals surface area contributed by atoms with Crippen molar-refractivity contribution < 1.29 is 23.5 Å². The van der Waals surface area contributed by atoms with E-state index in [9.17, 15) is 14.4 Å². The number of furan rings is 1. The molecule has 0 aliphatic carbocycles. The zero-order chi connectivity index (χ0) is 20.8. The van der Waals surface area contributed by atoms with E-state index in [-0.39, 0.29) is 23.8 Å². The second-order valence-corrected chi connectivity index (χ2v) is 7.45. The highest BCUT2D eigenvalue weighted by Crippen LogP contribution is 2.32. The highest BCUT2D eigenvalue weighted by molar-refractivity contribution is 8.18. The van der Waals surface area contributed by atoms with Gasteiger partial charge in [0.15, 0.2) is 0 Å². The Kier molecular flexibility index (Phi) is 6.77. The summed E-state index contributed by atoms with van der Waals surface area (Å²) in [5.41, 5.74) is 1.13. The van der Waals surface area contributed by atoms with Crippen LogP contribution in [-0.4, -0.2) is 35.3 Å². The summed E-state index contributed by atoms with van der Waals surface area (Å²) >= 11 is 0.874. The fourth-order valence-corrected chi connectivity index (χ4v) is 3.40. The lowest BCUT2D eigenvalue weighted by molar-refractivity contribution is -0.122. The van der Waals surface area contributed by atoms with Gasteiger partial charge in [0, 0.05) is 11.8 Å². The minimum absolute atomic E-state index is 0.0273. The van der Waals surface area contributed by atoms with Crippen molar-refractivity contribution in [1.29, 1.82) is 0 Å². The number of nitrogens with one attached hydrogen (secondary N) is 1. The van der Waals surface area contributed by atoms with E-state index in [1.807, 2.05) is 13.8 Å². The molecular weight excluding hydrogens is 392 g/mol. The number of thioether (sulfide) groups is 1. The number of unbranched alkanes of at least 4 members (excludes halogenated alkanes) is 1. The molecule has 0 unspecified atom stereocenters. The third-order valence-corrected chi connectivity index (χ3v) is 5.11. The Labute approximate surface area is 173 Å². The fraction of sp³-hybridized carbons (Fsp3) is 0.286. The van der Waals surface area contributed by atoms with E-state index in [0.717, 1.165) is 35.3 Å². The lowest BCUT2D eigenvalue weighted by atomic mass is 10.2. The number of anilines is 1. The second kappa shape index (κ2) is 9.47. The number of amides is 2. The molecule has 152 valence electrons. The van der Waals surface area contributed by atoms with Crippen LogP contribution in [-0.2, 0) is 9.53 Å². The zero-order valence-electron chi connectivity index (χ0n) is 16.3. The van der Waals surface area contributed by atoms with Crippen LogP contribution < -0.4 is 5.32 Å². The topological polar surface area (TPSA) is 88.8 Å². The smallest absolute Gasteiger partial charge is 0.338 e. The summed E-state index contributed by atoms with van der Waals surface area (Å²) in [5.74, 6) is 0.518. The molecule has 0 radical (unpaired) electrons. The number of esters is 1. The molecule has 0 atom stereocenters. The van der Waals surface area contributed by atoms with E-state index in [1.54, 1.807) is 42.5 Å². The van der Waals surface area contributed by atoms with Gasteiger partial charge in [-0.2, -0.15) is 0 Å². The SMILES string of the molecule is CCCCOC(=O)c1ccc(NCN2C(=O)S/C(=C/c3ccc(C)o3)C2=O)cc1. The molecule has 1 aliphatic heterocycles. The van der Waals surface area contributed by atoms with E-state index in [0.29, 0.717) is 28.5 Å². The van der Waals surface area contributed by atoms with Gasteiger partial charge in [-0.05, 0) is 61.5 Å². The van der Waals surface area contributed by atoms with Gasteiger partial charge in [-0.15, -0.1) is 0 Å². The molecule has 1 fully saturated rings. The van der Waals surface area contributed by atoms with E-state index in [2.05, 4.69) is 5.32 Å². The van der Waals surface area contributed by atoms with Gasteiger partial charge in [-0.25, -0.2) is 4.79 Å². The molecule has 2 amide bonds. The van der Waals surface area contributed by atoms with Crippen LogP contribution in [0.25, 0.3) is 6.08 Å². The van der Waals surface area contributed by atoms with Crippen LogP contribution in [0.5, 0.6) is 0 Å². The molecule has 2 heterocycles. The van der Waals surface area contributed by atoms with Crippen molar-refractivity contribution in [2.24, 2.45) is 0 Å². The summed E-state index contributed by atoms with van der Waals surface area (Å²) in [7, 11) is 0. The van der Waals surface area contributed by atoms with Crippen LogP contribution in [0.1, 0.15) is 41.6 Å². The number of benzene rings is 1. The molecule has 1 saturated heterocycles. The molecule has 8 heteroatoms. The van der Waals surface area contributed by atoms with Crippen LogP contribution in [0.4, 0.5) is 10.5 Å². The van der Waals surface area contributed by atoms with Gasteiger partial charge in [0.1, 0.15) is 11.5 Å². The molecule has 1 aromatic heterocycles. The molecule has 0 spiro atoms. The Morgan fingerprint density at radius 1 is 1.21 bits per heavy atom. The first-order valence-electron chi connectivity index (χ1n) is 9.31. The van der Waals surface area contributed by atoms with Crippen LogP contribution in [0.2, 0.25) is 0 Å². The number of nitrogens with zero attached hydrogens (tertiary/aromatic N) is 1. The Bertz CT molecular complexity index is 933. The van der Waals surface area contributed by atoms with E-state index >= 15 is 0 Å². The number of rotatable bonds is 8. The van der Waals surface area contributed by atoms with Crippen molar-refractivity contribution in [2.75, 3.05) is 18.6 Å². The van der Waals surface area contributed by atoms with Crippen molar-refractivity contribution >= 4 is 40.6 Å². The summed E-state index contributed by atoms with van der Waals surface area (Å²) in [6.45, 7) is 4.27. The highest BCUT2D eigenvalue weighted by Gasteiger charge is 2.35. The summed E-state index contributed by atoms with van der Waals surface area (Å²) < 4.78 is 10.6. The number of hydrogen-bond donors (Lipinski definition) is 1. The predicted molar refractivity (Wildman–Crippen MR) is 111 cm³/mol. The molecule has 7 nitrogen and oxygen atoms in total. The number of hydrogen-bond acceptors (Lipinski definition) is 7. The third kappa shape index (κ3) is 5.29. The molecule has 1 aromatic carbocycles. The van der Waals surface area contributed by atoms with Gasteiger partial charge >= 0.3 is 5.97 Å². The maximum Gasteiger partial charge on any atom is 0.338 e. The number of carbonyl (C=O) groups is 3. The monoisotopic (exact) mass is 414 g/mol. The third-order valence-electron chi connectivity index (χ3n) is 4.20. The van der Waals surface area contributed by atoms with Crippen LogP contribution in [0.3, 0.4) is 0 Å². The zero-order valence-corrected chi connectivity index (χ0v) is 17.1. The van der Waals surface area contributed by atoms with Crippen LogP contribution in [0.15, 0.2) is 45.7 Å². The quantitative estimate of drug-likeness (QED) is 0.382. The van der Waals surface area contributed by atoms with Crippen LogP contribution in [0, 0.1) is 6.92 Å². The summed E-state index contributed by atoms with van der Waals surface area (Å²) in [4.78, 5) is 38.0. The molecule has 0 bridgehead atoms. The Morgan fingerprint density at radius 3 is 2.62 bits per heavy atom. The van der Waals surface area contributed by atoms with Gasteiger partial charge in [0.25, 0.3) is 11.1 Å². The minimum Gasteiger partial charge on any atom is -0.462 e. The van der Waals surface area contributed by atoms with Crippen molar-refractivity contribution in [3.63, 3.8) is 0 Å². The summed E-state index contributed by atoms with van der Waals surface area (Å²) in [6, 6.07) is 10.2. The first kappa shape index (κ1) is 20.7. The molecular formula is C21H22N2O5S. The normalized spacial score (nSPS) is 15.2. The number of aryl methyl sites for hydroxylation is 1.